The van der Waals surface area contributed by atoms with E-state index in [1.807, 2.05) is 6.07 Å². The molecule has 0 aliphatic carbocycles. The third-order valence-corrected chi connectivity index (χ3v) is 3.26. The quantitative estimate of drug-likeness (QED) is 0.639. The van der Waals surface area contributed by atoms with Crippen molar-refractivity contribution >= 4 is 0 Å². The largest absolute Gasteiger partial charge is 0.271 e. The molecule has 0 spiro atoms. The van der Waals surface area contributed by atoms with E-state index in [2.05, 4.69) is 36.6 Å². The van der Waals surface area contributed by atoms with Gasteiger partial charge < -0.3 is 0 Å². The van der Waals surface area contributed by atoms with E-state index in [9.17, 15) is 4.39 Å². The molecule has 2 nitrogen and oxygen atoms in total. The predicted octanol–water partition coefficient (Wildman–Crippen LogP) is 2.75. The molecule has 2 aromatic rings. The summed E-state index contributed by atoms with van der Waals surface area (Å²) in [5.74, 6) is 5.40. The Morgan fingerprint density at radius 2 is 1.74 bits per heavy atom. The van der Waals surface area contributed by atoms with Crippen LogP contribution in [0.1, 0.15) is 16.7 Å². The Bertz CT molecular complexity index is 523. The van der Waals surface area contributed by atoms with E-state index in [-0.39, 0.29) is 11.9 Å². The second-order valence-corrected chi connectivity index (χ2v) is 4.85. The topological polar surface area (TPSA) is 38.0 Å². The van der Waals surface area contributed by atoms with Gasteiger partial charge in [0.2, 0.25) is 0 Å². The lowest BCUT2D eigenvalue weighted by atomic mass is 9.98. The summed E-state index contributed by atoms with van der Waals surface area (Å²) < 4.78 is 13.6. The number of halogens is 1. The molecular weight excluding hydrogens is 239 g/mol. The number of benzene rings is 2. The van der Waals surface area contributed by atoms with Crippen molar-refractivity contribution in [2.75, 3.05) is 0 Å². The minimum Gasteiger partial charge on any atom is -0.271 e. The predicted molar refractivity (Wildman–Crippen MR) is 76.1 cm³/mol. The number of rotatable bonds is 5. The van der Waals surface area contributed by atoms with Crippen molar-refractivity contribution in [3.8, 4) is 0 Å². The zero-order valence-electron chi connectivity index (χ0n) is 11.1. The van der Waals surface area contributed by atoms with Crippen LogP contribution in [0, 0.1) is 12.7 Å². The summed E-state index contributed by atoms with van der Waals surface area (Å²) in [6, 6.07) is 15.2. The molecule has 0 aromatic heterocycles. The Morgan fingerprint density at radius 3 is 2.37 bits per heavy atom. The zero-order chi connectivity index (χ0) is 13.7. The minimum absolute atomic E-state index is 0.0274. The van der Waals surface area contributed by atoms with Gasteiger partial charge in [0.25, 0.3) is 0 Å². The van der Waals surface area contributed by atoms with Crippen LogP contribution in [0.2, 0.25) is 0 Å². The van der Waals surface area contributed by atoms with Crippen molar-refractivity contribution in [2.24, 2.45) is 5.84 Å². The number of nitrogens with one attached hydrogen (secondary N) is 1. The third-order valence-electron chi connectivity index (χ3n) is 3.26. The van der Waals surface area contributed by atoms with Crippen LogP contribution in [0.5, 0.6) is 0 Å². The molecule has 2 rings (SSSR count). The van der Waals surface area contributed by atoms with Gasteiger partial charge in [0, 0.05) is 6.04 Å². The van der Waals surface area contributed by atoms with Crippen molar-refractivity contribution in [1.82, 2.24) is 5.43 Å². The molecule has 0 fully saturated rings. The molecule has 1 unspecified atom stereocenters. The fraction of sp³-hybridized carbons (Fsp3) is 0.250. The lowest BCUT2D eigenvalue weighted by molar-refractivity contribution is 0.506. The van der Waals surface area contributed by atoms with Gasteiger partial charge in [0.05, 0.1) is 0 Å². The molecule has 0 amide bonds. The fourth-order valence-corrected chi connectivity index (χ4v) is 2.13. The van der Waals surface area contributed by atoms with Gasteiger partial charge in [-0.15, -0.1) is 0 Å². The normalized spacial score (nSPS) is 12.4. The number of nitrogens with two attached hydrogens (primary N) is 1. The standard InChI is InChI=1S/C16H19FN2/c1-12-6-8-13(9-7-12)10-15(19-18)11-14-4-2-3-5-16(14)17/h2-9,15,19H,10-11,18H2,1H3. The maximum atomic E-state index is 13.6. The lowest BCUT2D eigenvalue weighted by Gasteiger charge is -2.16. The number of hydrogen-bond donors (Lipinski definition) is 2. The highest BCUT2D eigenvalue weighted by molar-refractivity contribution is 5.23. The van der Waals surface area contributed by atoms with E-state index in [0.29, 0.717) is 12.0 Å². The van der Waals surface area contributed by atoms with Crippen molar-refractivity contribution in [3.63, 3.8) is 0 Å². The van der Waals surface area contributed by atoms with E-state index in [4.69, 9.17) is 5.84 Å². The summed E-state index contributed by atoms with van der Waals surface area (Å²) in [7, 11) is 0. The third kappa shape index (κ3) is 3.88. The Balaban J connectivity index is 2.05. The average Bonchev–Trinajstić information content (AvgIpc) is 2.43. The molecule has 0 saturated carbocycles. The molecule has 3 heteroatoms. The van der Waals surface area contributed by atoms with Crippen LogP contribution < -0.4 is 11.3 Å². The smallest absolute Gasteiger partial charge is 0.126 e. The van der Waals surface area contributed by atoms with E-state index in [1.54, 1.807) is 12.1 Å². The number of hydrazine groups is 1. The van der Waals surface area contributed by atoms with Crippen LogP contribution >= 0.6 is 0 Å². The van der Waals surface area contributed by atoms with Crippen LogP contribution in [0.3, 0.4) is 0 Å². The Morgan fingerprint density at radius 1 is 1.05 bits per heavy atom. The summed E-state index contributed by atoms with van der Waals surface area (Å²) in [5, 5.41) is 0. The first-order valence-corrected chi connectivity index (χ1v) is 6.44. The monoisotopic (exact) mass is 258 g/mol. The van der Waals surface area contributed by atoms with Crippen molar-refractivity contribution in [1.29, 1.82) is 0 Å². The van der Waals surface area contributed by atoms with Crippen molar-refractivity contribution in [3.05, 3.63) is 71.0 Å². The SMILES string of the molecule is Cc1ccc(CC(Cc2ccccc2F)NN)cc1. The Hall–Kier alpha value is -1.71. The summed E-state index contributed by atoms with van der Waals surface area (Å²) >= 11 is 0. The van der Waals surface area contributed by atoms with E-state index in [0.717, 1.165) is 6.42 Å². The molecule has 0 bridgehead atoms. The maximum absolute atomic E-state index is 13.6. The van der Waals surface area contributed by atoms with Crippen LogP contribution in [-0.2, 0) is 12.8 Å². The second kappa shape index (κ2) is 6.45. The van der Waals surface area contributed by atoms with Crippen LogP contribution in [-0.4, -0.2) is 6.04 Å². The molecule has 1 atom stereocenters. The first-order chi connectivity index (χ1) is 9.19. The Labute approximate surface area is 113 Å². The zero-order valence-corrected chi connectivity index (χ0v) is 11.1. The number of aryl methyl sites for hydroxylation is 1. The van der Waals surface area contributed by atoms with Gasteiger partial charge in [0.15, 0.2) is 0 Å². The molecule has 19 heavy (non-hydrogen) atoms. The lowest BCUT2D eigenvalue weighted by Crippen LogP contribution is -2.38. The highest BCUT2D eigenvalue weighted by atomic mass is 19.1. The highest BCUT2D eigenvalue weighted by Crippen LogP contribution is 2.12. The van der Waals surface area contributed by atoms with Crippen molar-refractivity contribution < 1.29 is 4.39 Å². The maximum Gasteiger partial charge on any atom is 0.126 e. The molecule has 0 aliphatic rings. The van der Waals surface area contributed by atoms with Gasteiger partial charge in [-0.25, -0.2) is 4.39 Å². The summed E-state index contributed by atoms with van der Waals surface area (Å²) in [6.45, 7) is 2.06. The van der Waals surface area contributed by atoms with E-state index >= 15 is 0 Å². The van der Waals surface area contributed by atoms with Crippen LogP contribution in [0.25, 0.3) is 0 Å². The molecule has 0 aliphatic heterocycles. The van der Waals surface area contributed by atoms with Crippen molar-refractivity contribution in [2.45, 2.75) is 25.8 Å². The molecule has 3 N–H and O–H groups in total. The molecule has 0 saturated heterocycles. The van der Waals surface area contributed by atoms with Gasteiger partial charge in [-0.3, -0.25) is 11.3 Å². The van der Waals surface area contributed by atoms with Gasteiger partial charge in [-0.05, 0) is 37.0 Å². The Kier molecular flexibility index (Phi) is 4.66. The second-order valence-electron chi connectivity index (χ2n) is 4.85. The molecule has 0 heterocycles. The highest BCUT2D eigenvalue weighted by Gasteiger charge is 2.11. The fourth-order valence-electron chi connectivity index (χ4n) is 2.13. The molecule has 0 radical (unpaired) electrons. The van der Waals surface area contributed by atoms with E-state index in [1.165, 1.54) is 17.2 Å². The van der Waals surface area contributed by atoms with E-state index < -0.39 is 0 Å². The van der Waals surface area contributed by atoms with Gasteiger partial charge in [-0.2, -0.15) is 0 Å². The first-order valence-electron chi connectivity index (χ1n) is 6.44. The number of hydrogen-bond acceptors (Lipinski definition) is 2. The first kappa shape index (κ1) is 13.7. The summed E-state index contributed by atoms with van der Waals surface area (Å²) in [4.78, 5) is 0. The minimum atomic E-state index is -0.174. The molecule has 2 aromatic carbocycles. The molecule has 100 valence electrons. The van der Waals surface area contributed by atoms with Gasteiger partial charge in [0.1, 0.15) is 5.82 Å². The van der Waals surface area contributed by atoms with Crippen LogP contribution in [0.15, 0.2) is 48.5 Å². The van der Waals surface area contributed by atoms with Crippen LogP contribution in [0.4, 0.5) is 4.39 Å². The summed E-state index contributed by atoms with van der Waals surface area (Å²) in [5.41, 5.74) is 5.90. The molecular formula is C16H19FN2. The van der Waals surface area contributed by atoms with Gasteiger partial charge >= 0.3 is 0 Å². The average molecular weight is 258 g/mol. The summed E-state index contributed by atoms with van der Waals surface area (Å²) in [6.07, 6.45) is 1.36. The van der Waals surface area contributed by atoms with Gasteiger partial charge in [-0.1, -0.05) is 48.0 Å².